The highest BCUT2D eigenvalue weighted by Gasteiger charge is 2.22. The van der Waals surface area contributed by atoms with Crippen molar-refractivity contribution in [1.82, 2.24) is 35.1 Å². The lowest BCUT2D eigenvalue weighted by Crippen LogP contribution is -2.27. The van der Waals surface area contributed by atoms with Crippen molar-refractivity contribution in [1.29, 1.82) is 0 Å². The SMILES string of the molecule is Cl.Cn1nc(C2CCNCC2)nc1NC(=O)c1cn(Cc2cccc(F)c2)nn1. The summed E-state index contributed by atoms with van der Waals surface area (Å²) in [6.45, 7) is 2.21. The van der Waals surface area contributed by atoms with Crippen LogP contribution in [0.2, 0.25) is 0 Å². The van der Waals surface area contributed by atoms with Gasteiger partial charge in [0.2, 0.25) is 5.95 Å². The Balaban J connectivity index is 0.00000240. The summed E-state index contributed by atoms with van der Waals surface area (Å²) in [5, 5.41) is 18.3. The predicted molar refractivity (Wildman–Crippen MR) is 107 cm³/mol. The summed E-state index contributed by atoms with van der Waals surface area (Å²) in [7, 11) is 1.74. The summed E-state index contributed by atoms with van der Waals surface area (Å²) in [6.07, 6.45) is 3.47. The van der Waals surface area contributed by atoms with E-state index in [2.05, 4.69) is 31.0 Å². The molecule has 4 rings (SSSR count). The molecule has 1 fully saturated rings. The second-order valence-electron chi connectivity index (χ2n) is 6.83. The average Bonchev–Trinajstić information content (AvgIpc) is 3.30. The zero-order chi connectivity index (χ0) is 19.5. The molecule has 29 heavy (non-hydrogen) atoms. The molecule has 9 nitrogen and oxygen atoms in total. The average molecular weight is 421 g/mol. The zero-order valence-corrected chi connectivity index (χ0v) is 16.7. The van der Waals surface area contributed by atoms with E-state index in [-0.39, 0.29) is 23.9 Å². The maximum atomic E-state index is 13.3. The number of halogens is 2. The molecular weight excluding hydrogens is 399 g/mol. The fourth-order valence-electron chi connectivity index (χ4n) is 3.23. The Morgan fingerprint density at radius 3 is 2.90 bits per heavy atom. The van der Waals surface area contributed by atoms with Gasteiger partial charge in [-0.2, -0.15) is 10.1 Å². The molecule has 0 aliphatic carbocycles. The molecule has 11 heteroatoms. The van der Waals surface area contributed by atoms with Crippen LogP contribution in [-0.4, -0.2) is 48.8 Å². The summed E-state index contributed by atoms with van der Waals surface area (Å²) in [5.41, 5.74) is 0.889. The molecule has 0 bridgehead atoms. The third-order valence-electron chi connectivity index (χ3n) is 4.71. The van der Waals surface area contributed by atoms with Crippen molar-refractivity contribution in [3.8, 4) is 0 Å². The van der Waals surface area contributed by atoms with Gasteiger partial charge in [0.25, 0.3) is 5.91 Å². The molecule has 0 unspecified atom stereocenters. The van der Waals surface area contributed by atoms with Crippen LogP contribution < -0.4 is 10.6 Å². The lowest BCUT2D eigenvalue weighted by atomic mass is 9.98. The van der Waals surface area contributed by atoms with Crippen LogP contribution >= 0.6 is 12.4 Å². The van der Waals surface area contributed by atoms with Gasteiger partial charge in [0.1, 0.15) is 5.82 Å². The number of aromatic nitrogens is 6. The molecule has 1 aliphatic heterocycles. The topological polar surface area (TPSA) is 103 Å². The van der Waals surface area contributed by atoms with Gasteiger partial charge in [0, 0.05) is 13.0 Å². The number of amides is 1. The van der Waals surface area contributed by atoms with E-state index >= 15 is 0 Å². The fourth-order valence-corrected chi connectivity index (χ4v) is 3.23. The van der Waals surface area contributed by atoms with Crippen molar-refractivity contribution in [3.05, 3.63) is 53.4 Å². The van der Waals surface area contributed by atoms with E-state index in [1.807, 2.05) is 0 Å². The number of piperidine rings is 1. The molecule has 1 aliphatic rings. The number of carbonyl (C=O) groups is 1. The standard InChI is InChI=1S/C18H21FN8O.ClH/c1-26-18(21-16(24-26)13-5-7-20-8-6-13)22-17(28)15-11-27(25-23-15)10-12-3-2-4-14(19)9-12;/h2-4,9,11,13,20H,5-8,10H2,1H3,(H,21,22,24,28);1H. The van der Waals surface area contributed by atoms with Gasteiger partial charge in [-0.05, 0) is 43.6 Å². The van der Waals surface area contributed by atoms with Gasteiger partial charge in [-0.1, -0.05) is 17.3 Å². The molecule has 0 spiro atoms. The zero-order valence-electron chi connectivity index (χ0n) is 15.9. The first kappa shape index (κ1) is 20.9. The molecule has 0 saturated carbocycles. The highest BCUT2D eigenvalue weighted by Crippen LogP contribution is 2.23. The van der Waals surface area contributed by atoms with E-state index in [1.54, 1.807) is 23.9 Å². The number of hydrogen-bond acceptors (Lipinski definition) is 6. The van der Waals surface area contributed by atoms with E-state index in [1.165, 1.54) is 23.0 Å². The highest BCUT2D eigenvalue weighted by molar-refractivity contribution is 6.01. The Morgan fingerprint density at radius 2 is 2.14 bits per heavy atom. The van der Waals surface area contributed by atoms with Crippen LogP contribution in [0.1, 0.15) is 40.6 Å². The number of nitrogens with one attached hydrogen (secondary N) is 2. The van der Waals surface area contributed by atoms with Crippen LogP contribution in [0.15, 0.2) is 30.5 Å². The smallest absolute Gasteiger partial charge is 0.280 e. The number of aryl methyl sites for hydroxylation is 1. The first-order valence-electron chi connectivity index (χ1n) is 9.16. The molecule has 2 aromatic heterocycles. The number of rotatable bonds is 5. The molecule has 0 radical (unpaired) electrons. The number of anilines is 1. The summed E-state index contributed by atoms with van der Waals surface area (Å²) < 4.78 is 16.3. The largest absolute Gasteiger partial charge is 0.317 e. The number of hydrogen-bond donors (Lipinski definition) is 2. The van der Waals surface area contributed by atoms with Crippen molar-refractivity contribution < 1.29 is 9.18 Å². The van der Waals surface area contributed by atoms with Crippen molar-refractivity contribution in [2.45, 2.75) is 25.3 Å². The first-order chi connectivity index (χ1) is 13.6. The van der Waals surface area contributed by atoms with Crippen molar-refractivity contribution in [2.75, 3.05) is 18.4 Å². The lowest BCUT2D eigenvalue weighted by molar-refractivity contribution is 0.102. The van der Waals surface area contributed by atoms with Crippen LogP contribution in [-0.2, 0) is 13.6 Å². The fraction of sp³-hybridized carbons (Fsp3) is 0.389. The maximum absolute atomic E-state index is 13.3. The van der Waals surface area contributed by atoms with Crippen molar-refractivity contribution in [3.63, 3.8) is 0 Å². The molecule has 3 heterocycles. The molecular formula is C18H22ClFN8O. The van der Waals surface area contributed by atoms with E-state index < -0.39 is 5.91 Å². The quantitative estimate of drug-likeness (QED) is 0.651. The Kier molecular flexibility index (Phi) is 6.55. The molecule has 1 aromatic carbocycles. The number of nitrogens with zero attached hydrogens (tertiary/aromatic N) is 6. The van der Waals surface area contributed by atoms with E-state index in [0.717, 1.165) is 37.3 Å². The Hall–Kier alpha value is -2.85. The van der Waals surface area contributed by atoms with Crippen LogP contribution in [0.25, 0.3) is 0 Å². The maximum Gasteiger partial charge on any atom is 0.280 e. The molecule has 1 saturated heterocycles. The van der Waals surface area contributed by atoms with E-state index in [4.69, 9.17) is 0 Å². The Labute approximate surface area is 173 Å². The second kappa shape index (κ2) is 9.10. The normalized spacial score (nSPS) is 14.4. The van der Waals surface area contributed by atoms with E-state index in [0.29, 0.717) is 18.4 Å². The summed E-state index contributed by atoms with van der Waals surface area (Å²) in [4.78, 5) is 17.0. The minimum absolute atomic E-state index is 0. The van der Waals surface area contributed by atoms with Crippen LogP contribution in [0.5, 0.6) is 0 Å². The molecule has 3 aromatic rings. The Bertz CT molecular complexity index is 982. The van der Waals surface area contributed by atoms with Crippen LogP contribution in [0.4, 0.5) is 10.3 Å². The van der Waals surface area contributed by atoms with Gasteiger partial charge in [-0.15, -0.1) is 17.5 Å². The lowest BCUT2D eigenvalue weighted by Gasteiger charge is -2.19. The third-order valence-corrected chi connectivity index (χ3v) is 4.71. The molecule has 0 atom stereocenters. The number of carbonyl (C=O) groups excluding carboxylic acids is 1. The van der Waals surface area contributed by atoms with Gasteiger partial charge in [-0.25, -0.2) is 13.8 Å². The summed E-state index contributed by atoms with van der Waals surface area (Å²) in [5.74, 6) is 0.679. The van der Waals surface area contributed by atoms with Gasteiger partial charge < -0.3 is 5.32 Å². The minimum atomic E-state index is -0.419. The van der Waals surface area contributed by atoms with Crippen LogP contribution in [0.3, 0.4) is 0 Å². The monoisotopic (exact) mass is 420 g/mol. The van der Waals surface area contributed by atoms with Gasteiger partial charge >= 0.3 is 0 Å². The van der Waals surface area contributed by atoms with Crippen molar-refractivity contribution >= 4 is 24.3 Å². The van der Waals surface area contributed by atoms with Gasteiger partial charge in [-0.3, -0.25) is 10.1 Å². The number of benzene rings is 1. The summed E-state index contributed by atoms with van der Waals surface area (Å²) >= 11 is 0. The first-order valence-corrected chi connectivity index (χ1v) is 9.16. The second-order valence-corrected chi connectivity index (χ2v) is 6.83. The highest BCUT2D eigenvalue weighted by atomic mass is 35.5. The predicted octanol–water partition coefficient (Wildman–Crippen LogP) is 1.74. The third kappa shape index (κ3) is 4.96. The summed E-state index contributed by atoms with van der Waals surface area (Å²) in [6, 6.07) is 6.21. The minimum Gasteiger partial charge on any atom is -0.317 e. The van der Waals surface area contributed by atoms with Crippen LogP contribution in [0, 0.1) is 5.82 Å². The Morgan fingerprint density at radius 1 is 1.34 bits per heavy atom. The van der Waals surface area contributed by atoms with Gasteiger partial charge in [0.15, 0.2) is 11.5 Å². The van der Waals surface area contributed by atoms with E-state index in [9.17, 15) is 9.18 Å². The molecule has 154 valence electrons. The van der Waals surface area contributed by atoms with Gasteiger partial charge in [0.05, 0.1) is 12.7 Å². The molecule has 1 amide bonds. The molecule has 2 N–H and O–H groups in total. The van der Waals surface area contributed by atoms with Crippen molar-refractivity contribution in [2.24, 2.45) is 7.05 Å².